The van der Waals surface area contributed by atoms with Gasteiger partial charge in [-0.3, -0.25) is 0 Å². The van der Waals surface area contributed by atoms with Crippen LogP contribution in [0.4, 0.5) is 0 Å². The van der Waals surface area contributed by atoms with E-state index in [1.165, 1.54) is 8.61 Å². The van der Waals surface area contributed by atoms with Gasteiger partial charge in [-0.15, -0.1) is 0 Å². The molecule has 1 N–H and O–H groups in total. The Hall–Kier alpha value is -0.210. The molecular weight excluding hydrogens is 232 g/mol. The molecule has 1 atom stereocenters. The lowest BCUT2D eigenvalue weighted by atomic mass is 10.3. The number of hydrogen-bond donors (Lipinski definition) is 1. The Morgan fingerprint density at radius 1 is 1.19 bits per heavy atom. The van der Waals surface area contributed by atoms with E-state index in [1.54, 1.807) is 0 Å². The molecule has 2 saturated heterocycles. The summed E-state index contributed by atoms with van der Waals surface area (Å²) >= 11 is 0. The molecule has 0 amide bonds. The molecule has 2 aliphatic heterocycles. The SMILES string of the molecule is O=S(=O)(N1CCCC1)N1CCOC(CO)C1. The zero-order chi connectivity index (χ0) is 11.6. The molecule has 1 unspecified atom stereocenters. The Labute approximate surface area is 96.0 Å². The zero-order valence-electron chi connectivity index (χ0n) is 9.21. The first-order valence-electron chi connectivity index (χ1n) is 5.62. The van der Waals surface area contributed by atoms with Crippen LogP contribution in [0.25, 0.3) is 0 Å². The van der Waals surface area contributed by atoms with Crippen molar-refractivity contribution in [1.29, 1.82) is 0 Å². The fourth-order valence-corrected chi connectivity index (χ4v) is 3.80. The highest BCUT2D eigenvalue weighted by atomic mass is 32.2. The summed E-state index contributed by atoms with van der Waals surface area (Å²) in [5.41, 5.74) is 0. The van der Waals surface area contributed by atoms with Crippen LogP contribution in [-0.4, -0.2) is 67.6 Å². The summed E-state index contributed by atoms with van der Waals surface area (Å²) in [5.74, 6) is 0. The molecule has 2 heterocycles. The third kappa shape index (κ3) is 2.38. The van der Waals surface area contributed by atoms with E-state index in [4.69, 9.17) is 9.84 Å². The molecule has 94 valence electrons. The quantitative estimate of drug-likeness (QED) is 0.699. The van der Waals surface area contributed by atoms with Gasteiger partial charge in [0.15, 0.2) is 0 Å². The van der Waals surface area contributed by atoms with Crippen molar-refractivity contribution >= 4 is 10.2 Å². The van der Waals surface area contributed by atoms with E-state index in [1.807, 2.05) is 0 Å². The smallest absolute Gasteiger partial charge is 0.282 e. The van der Waals surface area contributed by atoms with Gasteiger partial charge in [0.05, 0.1) is 19.3 Å². The fraction of sp³-hybridized carbons (Fsp3) is 1.00. The molecule has 0 radical (unpaired) electrons. The van der Waals surface area contributed by atoms with Gasteiger partial charge >= 0.3 is 0 Å². The molecule has 6 nitrogen and oxygen atoms in total. The van der Waals surface area contributed by atoms with Gasteiger partial charge in [0.2, 0.25) is 0 Å². The van der Waals surface area contributed by atoms with E-state index >= 15 is 0 Å². The first kappa shape index (κ1) is 12.3. The Morgan fingerprint density at radius 2 is 1.88 bits per heavy atom. The summed E-state index contributed by atoms with van der Waals surface area (Å²) in [6, 6.07) is 0. The molecule has 2 rings (SSSR count). The number of aliphatic hydroxyl groups excluding tert-OH is 1. The van der Waals surface area contributed by atoms with E-state index in [9.17, 15) is 8.42 Å². The maximum atomic E-state index is 12.2. The molecule has 0 aromatic heterocycles. The Kier molecular flexibility index (Phi) is 3.81. The molecule has 0 aliphatic carbocycles. The van der Waals surface area contributed by atoms with Crippen molar-refractivity contribution in [2.24, 2.45) is 0 Å². The highest BCUT2D eigenvalue weighted by Crippen LogP contribution is 2.18. The average molecular weight is 250 g/mol. The van der Waals surface area contributed by atoms with Crippen molar-refractivity contribution in [2.45, 2.75) is 18.9 Å². The molecule has 0 aromatic rings. The van der Waals surface area contributed by atoms with Crippen LogP contribution in [0.3, 0.4) is 0 Å². The highest BCUT2D eigenvalue weighted by molar-refractivity contribution is 7.86. The predicted octanol–water partition coefficient (Wildman–Crippen LogP) is -0.980. The van der Waals surface area contributed by atoms with E-state index < -0.39 is 10.2 Å². The monoisotopic (exact) mass is 250 g/mol. The van der Waals surface area contributed by atoms with Crippen molar-refractivity contribution in [3.63, 3.8) is 0 Å². The number of ether oxygens (including phenoxy) is 1. The van der Waals surface area contributed by atoms with Crippen molar-refractivity contribution in [1.82, 2.24) is 8.61 Å². The van der Waals surface area contributed by atoms with Gasteiger partial charge in [-0.1, -0.05) is 0 Å². The number of hydrogen-bond acceptors (Lipinski definition) is 4. The van der Waals surface area contributed by atoms with Crippen molar-refractivity contribution in [3.05, 3.63) is 0 Å². The third-order valence-electron chi connectivity index (χ3n) is 3.02. The summed E-state index contributed by atoms with van der Waals surface area (Å²) in [6.45, 7) is 2.10. The van der Waals surface area contributed by atoms with Crippen LogP contribution in [0.1, 0.15) is 12.8 Å². The van der Waals surface area contributed by atoms with Gasteiger partial charge in [-0.25, -0.2) is 0 Å². The van der Waals surface area contributed by atoms with E-state index in [2.05, 4.69) is 0 Å². The molecule has 16 heavy (non-hydrogen) atoms. The van der Waals surface area contributed by atoms with Crippen molar-refractivity contribution < 1.29 is 18.3 Å². The standard InChI is InChI=1S/C9H18N2O4S/c12-8-9-7-11(5-6-15-9)16(13,14)10-3-1-2-4-10/h9,12H,1-8H2. The van der Waals surface area contributed by atoms with Gasteiger partial charge in [0.1, 0.15) is 0 Å². The summed E-state index contributed by atoms with van der Waals surface area (Å²) in [5, 5.41) is 8.98. The van der Waals surface area contributed by atoms with Crippen LogP contribution in [-0.2, 0) is 14.9 Å². The van der Waals surface area contributed by atoms with Gasteiger partial charge in [0, 0.05) is 26.2 Å². The second kappa shape index (κ2) is 4.97. The van der Waals surface area contributed by atoms with Gasteiger partial charge in [-0.2, -0.15) is 17.0 Å². The van der Waals surface area contributed by atoms with Gasteiger partial charge in [0.25, 0.3) is 10.2 Å². The lowest BCUT2D eigenvalue weighted by Gasteiger charge is -2.33. The first-order valence-corrected chi connectivity index (χ1v) is 7.02. The van der Waals surface area contributed by atoms with Gasteiger partial charge < -0.3 is 9.84 Å². The summed E-state index contributed by atoms with van der Waals surface area (Å²) < 4.78 is 32.5. The van der Waals surface area contributed by atoms with Crippen LogP contribution in [0.2, 0.25) is 0 Å². The van der Waals surface area contributed by atoms with Crippen LogP contribution in [0.5, 0.6) is 0 Å². The van der Waals surface area contributed by atoms with Crippen molar-refractivity contribution in [3.8, 4) is 0 Å². The minimum atomic E-state index is -3.33. The van der Waals surface area contributed by atoms with Crippen LogP contribution in [0, 0.1) is 0 Å². The highest BCUT2D eigenvalue weighted by Gasteiger charge is 2.34. The maximum absolute atomic E-state index is 12.2. The Morgan fingerprint density at radius 3 is 2.50 bits per heavy atom. The lowest BCUT2D eigenvalue weighted by Crippen LogP contribution is -2.51. The minimum Gasteiger partial charge on any atom is -0.394 e. The topological polar surface area (TPSA) is 70.1 Å². The summed E-state index contributed by atoms with van der Waals surface area (Å²) in [4.78, 5) is 0. The van der Waals surface area contributed by atoms with Crippen LogP contribution in [0.15, 0.2) is 0 Å². The minimum absolute atomic E-state index is 0.133. The zero-order valence-corrected chi connectivity index (χ0v) is 10.0. The van der Waals surface area contributed by atoms with E-state index in [0.717, 1.165) is 12.8 Å². The second-order valence-corrected chi connectivity index (χ2v) is 6.08. The summed E-state index contributed by atoms with van der Waals surface area (Å²) in [7, 11) is -3.33. The molecule has 2 fully saturated rings. The average Bonchev–Trinajstić information content (AvgIpc) is 2.83. The normalized spacial score (nSPS) is 29.7. The molecule has 0 spiro atoms. The third-order valence-corrected chi connectivity index (χ3v) is 5.02. The van der Waals surface area contributed by atoms with E-state index in [0.29, 0.717) is 26.2 Å². The Balaban J connectivity index is 2.04. The maximum Gasteiger partial charge on any atom is 0.282 e. The second-order valence-electron chi connectivity index (χ2n) is 4.15. The molecule has 7 heteroatoms. The van der Waals surface area contributed by atoms with E-state index in [-0.39, 0.29) is 19.3 Å². The van der Waals surface area contributed by atoms with Crippen molar-refractivity contribution in [2.75, 3.05) is 39.4 Å². The number of morpholine rings is 1. The summed E-state index contributed by atoms with van der Waals surface area (Å²) in [6.07, 6.45) is 1.49. The molecule has 0 bridgehead atoms. The van der Waals surface area contributed by atoms with Crippen LogP contribution < -0.4 is 0 Å². The van der Waals surface area contributed by atoms with Crippen LogP contribution >= 0.6 is 0 Å². The number of aliphatic hydroxyl groups is 1. The molecular formula is C9H18N2O4S. The number of nitrogens with zero attached hydrogens (tertiary/aromatic N) is 2. The fourth-order valence-electron chi connectivity index (χ4n) is 2.09. The molecule has 0 saturated carbocycles. The molecule has 2 aliphatic rings. The van der Waals surface area contributed by atoms with Gasteiger partial charge in [-0.05, 0) is 12.8 Å². The number of rotatable bonds is 3. The lowest BCUT2D eigenvalue weighted by molar-refractivity contribution is -0.0316. The largest absolute Gasteiger partial charge is 0.394 e. The Bertz CT molecular complexity index is 326. The molecule has 0 aromatic carbocycles. The first-order chi connectivity index (χ1) is 7.64. The predicted molar refractivity (Wildman–Crippen MR) is 58.1 cm³/mol.